The summed E-state index contributed by atoms with van der Waals surface area (Å²) in [6, 6.07) is 12.0. The Bertz CT molecular complexity index is 948. The molecule has 5 rings (SSSR count). The number of rotatable bonds is 3. The van der Waals surface area contributed by atoms with Crippen molar-refractivity contribution in [2.75, 3.05) is 56.4 Å². The Morgan fingerprint density at radius 1 is 1.13 bits per heavy atom. The zero-order valence-corrected chi connectivity index (χ0v) is 18.2. The number of benzene rings is 1. The van der Waals surface area contributed by atoms with Crippen LogP contribution in [0.3, 0.4) is 0 Å². The van der Waals surface area contributed by atoms with Gasteiger partial charge >= 0.3 is 0 Å². The summed E-state index contributed by atoms with van der Waals surface area (Å²) in [5, 5.41) is 0. The average Bonchev–Trinajstić information content (AvgIpc) is 3.13. The predicted molar refractivity (Wildman–Crippen MR) is 121 cm³/mol. The van der Waals surface area contributed by atoms with Gasteiger partial charge in [-0.15, -0.1) is 0 Å². The van der Waals surface area contributed by atoms with Crippen LogP contribution in [0.25, 0.3) is 0 Å². The Morgan fingerprint density at radius 3 is 2.58 bits per heavy atom. The molecule has 3 aliphatic heterocycles. The van der Waals surface area contributed by atoms with E-state index >= 15 is 0 Å². The molecular weight excluding hydrogens is 390 g/mol. The maximum Gasteiger partial charge on any atom is 0.256 e. The monoisotopic (exact) mass is 421 g/mol. The number of hydrogen-bond donors (Lipinski definition) is 1. The van der Waals surface area contributed by atoms with Crippen LogP contribution >= 0.6 is 0 Å². The van der Waals surface area contributed by atoms with Gasteiger partial charge in [0.15, 0.2) is 6.10 Å². The van der Waals surface area contributed by atoms with Gasteiger partial charge in [0.25, 0.3) is 5.91 Å². The first-order chi connectivity index (χ1) is 15.1. The number of nitrogen functional groups attached to an aromatic ring is 1. The fourth-order valence-corrected chi connectivity index (χ4v) is 5.22. The highest BCUT2D eigenvalue weighted by Crippen LogP contribution is 2.50. The number of piperidine rings is 1. The summed E-state index contributed by atoms with van der Waals surface area (Å²) in [7, 11) is 0. The van der Waals surface area contributed by atoms with Crippen LogP contribution in [0.5, 0.6) is 0 Å². The number of carbonyl (C=O) groups is 1. The van der Waals surface area contributed by atoms with Gasteiger partial charge in [-0.2, -0.15) is 0 Å². The second kappa shape index (κ2) is 8.13. The largest absolute Gasteiger partial charge is 0.399 e. The zero-order valence-electron chi connectivity index (χ0n) is 18.2. The van der Waals surface area contributed by atoms with Crippen LogP contribution in [0.4, 0.5) is 11.5 Å². The van der Waals surface area contributed by atoms with E-state index in [1.54, 1.807) is 6.20 Å². The quantitative estimate of drug-likeness (QED) is 0.820. The van der Waals surface area contributed by atoms with Crippen LogP contribution in [0.1, 0.15) is 37.0 Å². The van der Waals surface area contributed by atoms with E-state index in [4.69, 9.17) is 10.5 Å². The summed E-state index contributed by atoms with van der Waals surface area (Å²) in [5.41, 5.74) is 8.49. The Morgan fingerprint density at radius 2 is 1.87 bits per heavy atom. The van der Waals surface area contributed by atoms with E-state index < -0.39 is 11.7 Å². The van der Waals surface area contributed by atoms with E-state index in [0.717, 1.165) is 75.7 Å². The highest BCUT2D eigenvalue weighted by atomic mass is 16.5. The fourth-order valence-electron chi connectivity index (χ4n) is 5.22. The van der Waals surface area contributed by atoms with E-state index in [0.29, 0.717) is 0 Å². The van der Waals surface area contributed by atoms with E-state index in [1.807, 2.05) is 23.1 Å². The normalized spacial score (nSPS) is 23.2. The average molecular weight is 422 g/mol. The molecule has 2 N–H and O–H groups in total. The summed E-state index contributed by atoms with van der Waals surface area (Å²) in [6.45, 7) is 8.26. The van der Waals surface area contributed by atoms with Crippen molar-refractivity contribution in [2.24, 2.45) is 0 Å². The molecule has 1 amide bonds. The van der Waals surface area contributed by atoms with Gasteiger partial charge in [-0.1, -0.05) is 31.2 Å². The van der Waals surface area contributed by atoms with Crippen LogP contribution in [-0.2, 0) is 15.1 Å². The molecule has 0 bridgehead atoms. The van der Waals surface area contributed by atoms with Crippen molar-refractivity contribution in [1.82, 2.24) is 14.8 Å². The molecule has 7 nitrogen and oxygen atoms in total. The SMILES string of the molecule is CCN1CCN(C(=O)C2OC3(CCN(c4cc(N)ccn4)CC3)c3ccccc32)CC1. The molecule has 2 saturated heterocycles. The number of fused-ring (bicyclic) bond motifs is 2. The van der Waals surface area contributed by atoms with Crippen molar-refractivity contribution in [2.45, 2.75) is 31.5 Å². The molecular formula is C24H31N5O2. The summed E-state index contributed by atoms with van der Waals surface area (Å²) in [5.74, 6) is 1.02. The van der Waals surface area contributed by atoms with Crippen molar-refractivity contribution >= 4 is 17.4 Å². The number of pyridine rings is 1. The number of nitrogens with two attached hydrogens (primary N) is 1. The lowest BCUT2D eigenvalue weighted by Crippen LogP contribution is -2.50. The first-order valence-corrected chi connectivity index (χ1v) is 11.3. The van der Waals surface area contributed by atoms with Crippen molar-refractivity contribution in [1.29, 1.82) is 0 Å². The van der Waals surface area contributed by atoms with Crippen LogP contribution in [0.15, 0.2) is 42.6 Å². The van der Waals surface area contributed by atoms with Crippen molar-refractivity contribution < 1.29 is 9.53 Å². The minimum absolute atomic E-state index is 0.111. The number of carbonyl (C=O) groups excluding carboxylic acids is 1. The lowest BCUT2D eigenvalue weighted by molar-refractivity contribution is -0.158. The molecule has 3 aliphatic rings. The predicted octanol–water partition coefficient (Wildman–Crippen LogP) is 2.39. The minimum Gasteiger partial charge on any atom is -0.399 e. The van der Waals surface area contributed by atoms with Crippen molar-refractivity contribution in [3.05, 3.63) is 53.7 Å². The third kappa shape index (κ3) is 3.66. The number of anilines is 2. The van der Waals surface area contributed by atoms with E-state index in [-0.39, 0.29) is 5.91 Å². The number of aromatic nitrogens is 1. The molecule has 4 heterocycles. The molecule has 1 spiro atoms. The number of piperazine rings is 1. The fraction of sp³-hybridized carbons (Fsp3) is 0.500. The van der Waals surface area contributed by atoms with E-state index in [2.05, 4.69) is 39.9 Å². The summed E-state index contributed by atoms with van der Waals surface area (Å²) < 4.78 is 6.66. The third-order valence-corrected chi connectivity index (χ3v) is 7.10. The summed E-state index contributed by atoms with van der Waals surface area (Å²) in [6.07, 6.45) is 2.91. The van der Waals surface area contributed by atoms with Gasteiger partial charge in [-0.25, -0.2) is 4.98 Å². The zero-order chi connectivity index (χ0) is 21.4. The second-order valence-electron chi connectivity index (χ2n) is 8.77. The number of hydrogen-bond acceptors (Lipinski definition) is 6. The van der Waals surface area contributed by atoms with Gasteiger partial charge in [0, 0.05) is 57.2 Å². The maximum atomic E-state index is 13.5. The maximum absolute atomic E-state index is 13.5. The van der Waals surface area contributed by atoms with Crippen LogP contribution in [-0.4, -0.2) is 66.5 Å². The van der Waals surface area contributed by atoms with Crippen LogP contribution in [0.2, 0.25) is 0 Å². The first kappa shape index (κ1) is 20.3. The van der Waals surface area contributed by atoms with Gasteiger partial charge in [0.05, 0.1) is 5.60 Å². The third-order valence-electron chi connectivity index (χ3n) is 7.10. The molecule has 1 aromatic heterocycles. The van der Waals surface area contributed by atoms with Gasteiger partial charge < -0.3 is 25.2 Å². The molecule has 0 aliphatic carbocycles. The lowest BCUT2D eigenvalue weighted by Gasteiger charge is -2.40. The molecule has 164 valence electrons. The molecule has 7 heteroatoms. The number of nitrogens with zero attached hydrogens (tertiary/aromatic N) is 4. The van der Waals surface area contributed by atoms with Crippen LogP contribution in [0, 0.1) is 0 Å². The molecule has 1 aromatic carbocycles. The highest BCUT2D eigenvalue weighted by Gasteiger charge is 2.49. The van der Waals surface area contributed by atoms with E-state index in [9.17, 15) is 4.79 Å². The first-order valence-electron chi connectivity index (χ1n) is 11.3. The molecule has 0 saturated carbocycles. The molecule has 31 heavy (non-hydrogen) atoms. The number of likely N-dealkylation sites (N-methyl/N-ethyl adjacent to an activating group) is 1. The Labute approximate surface area is 183 Å². The summed E-state index contributed by atoms with van der Waals surface area (Å²) in [4.78, 5) is 24.6. The molecule has 2 aromatic rings. The smallest absolute Gasteiger partial charge is 0.256 e. The minimum atomic E-state index is -0.499. The highest BCUT2D eigenvalue weighted by molar-refractivity contribution is 5.84. The standard InChI is InChI=1S/C24H31N5O2/c1-2-27-13-15-29(16-14-27)23(30)22-19-5-3-4-6-20(19)24(31-22)8-11-28(12-9-24)21-17-18(25)7-10-26-21/h3-7,10,17,22H,2,8-9,11-16H2,1H3,(H2,25,26). The Kier molecular flexibility index (Phi) is 5.32. The van der Waals surface area contributed by atoms with Gasteiger partial charge in [0.1, 0.15) is 5.82 Å². The lowest BCUT2D eigenvalue weighted by atomic mass is 9.83. The Hall–Kier alpha value is -2.64. The molecule has 1 atom stereocenters. The number of ether oxygens (including phenoxy) is 1. The molecule has 2 fully saturated rings. The topological polar surface area (TPSA) is 74.9 Å². The molecule has 0 radical (unpaired) electrons. The van der Waals surface area contributed by atoms with Gasteiger partial charge in [-0.05, 0) is 36.6 Å². The van der Waals surface area contributed by atoms with Crippen LogP contribution < -0.4 is 10.6 Å². The molecule has 1 unspecified atom stereocenters. The number of amides is 1. The van der Waals surface area contributed by atoms with Gasteiger partial charge in [0.2, 0.25) is 0 Å². The summed E-state index contributed by atoms with van der Waals surface area (Å²) >= 11 is 0. The van der Waals surface area contributed by atoms with Gasteiger partial charge in [-0.3, -0.25) is 4.79 Å². The van der Waals surface area contributed by atoms with E-state index in [1.165, 1.54) is 5.56 Å². The van der Waals surface area contributed by atoms with Crippen molar-refractivity contribution in [3.63, 3.8) is 0 Å². The van der Waals surface area contributed by atoms with Crippen molar-refractivity contribution in [3.8, 4) is 0 Å². The second-order valence-corrected chi connectivity index (χ2v) is 8.77. The Balaban J connectivity index is 1.34.